The van der Waals surface area contributed by atoms with Gasteiger partial charge in [-0.3, -0.25) is 4.79 Å². The van der Waals surface area contributed by atoms with Gasteiger partial charge >= 0.3 is 6.03 Å². The van der Waals surface area contributed by atoms with E-state index in [-0.39, 0.29) is 11.9 Å². The van der Waals surface area contributed by atoms with Crippen molar-refractivity contribution >= 4 is 11.9 Å². The van der Waals surface area contributed by atoms with Gasteiger partial charge in [0.05, 0.1) is 13.1 Å². The molecule has 2 fully saturated rings. The standard InChI is InChI=1S/C23H27N3O2/c27-21-23(19-12-6-4-7-13-19,20-14-8-5-9-15-20)24-22(28)26(21)18-25-16-10-2-1-3-11-17-25/h4-9,12-15H,1-3,10-11,16-18H2,(H,24,28)/p+1. The van der Waals surface area contributed by atoms with E-state index in [1.807, 2.05) is 60.7 Å². The van der Waals surface area contributed by atoms with Gasteiger partial charge in [0, 0.05) is 0 Å². The number of carbonyl (C=O) groups is 2. The molecule has 0 spiro atoms. The first kappa shape index (κ1) is 18.7. The number of nitrogens with one attached hydrogen (secondary N) is 2. The number of hydrogen-bond donors (Lipinski definition) is 2. The highest BCUT2D eigenvalue weighted by molar-refractivity contribution is 6.09. The third-order valence-corrected chi connectivity index (χ3v) is 5.96. The maximum atomic E-state index is 13.7. The number of likely N-dealkylation sites (tertiary alicyclic amines) is 1. The fraction of sp³-hybridized carbons (Fsp3) is 0.391. The lowest BCUT2D eigenvalue weighted by Crippen LogP contribution is -3.13. The second kappa shape index (κ2) is 8.15. The van der Waals surface area contributed by atoms with Crippen molar-refractivity contribution in [3.8, 4) is 0 Å². The van der Waals surface area contributed by atoms with E-state index in [1.165, 1.54) is 29.1 Å². The maximum absolute atomic E-state index is 13.7. The summed E-state index contributed by atoms with van der Waals surface area (Å²) >= 11 is 0. The minimum Gasteiger partial charge on any atom is -0.317 e. The molecular formula is C23H28N3O2+. The molecule has 5 nitrogen and oxygen atoms in total. The van der Waals surface area contributed by atoms with Gasteiger partial charge in [0.1, 0.15) is 0 Å². The molecule has 2 N–H and O–H groups in total. The normalized spacial score (nSPS) is 20.5. The molecule has 0 saturated carbocycles. The summed E-state index contributed by atoms with van der Waals surface area (Å²) in [4.78, 5) is 29.4. The molecule has 0 aromatic heterocycles. The van der Waals surface area contributed by atoms with Crippen LogP contribution < -0.4 is 10.2 Å². The van der Waals surface area contributed by atoms with Gasteiger partial charge in [-0.05, 0) is 36.8 Å². The zero-order valence-corrected chi connectivity index (χ0v) is 16.2. The minimum atomic E-state index is -1.15. The highest BCUT2D eigenvalue weighted by Crippen LogP contribution is 2.35. The van der Waals surface area contributed by atoms with Crippen molar-refractivity contribution in [2.75, 3.05) is 19.8 Å². The minimum absolute atomic E-state index is 0.176. The van der Waals surface area contributed by atoms with Gasteiger partial charge in [0.25, 0.3) is 5.91 Å². The van der Waals surface area contributed by atoms with E-state index in [0.717, 1.165) is 37.1 Å². The largest absolute Gasteiger partial charge is 0.330 e. The lowest BCUT2D eigenvalue weighted by molar-refractivity contribution is -0.908. The quantitative estimate of drug-likeness (QED) is 0.802. The van der Waals surface area contributed by atoms with Crippen LogP contribution in [0, 0.1) is 0 Å². The fourth-order valence-corrected chi connectivity index (χ4v) is 4.44. The van der Waals surface area contributed by atoms with E-state index in [1.54, 1.807) is 0 Å². The molecule has 2 aliphatic heterocycles. The Bertz CT molecular complexity index is 775. The molecular weight excluding hydrogens is 350 g/mol. The number of amides is 3. The van der Waals surface area contributed by atoms with Crippen LogP contribution in [0.15, 0.2) is 60.7 Å². The molecule has 3 amide bonds. The van der Waals surface area contributed by atoms with Crippen LogP contribution in [-0.4, -0.2) is 36.6 Å². The van der Waals surface area contributed by atoms with Crippen LogP contribution in [0.1, 0.15) is 43.2 Å². The molecule has 2 saturated heterocycles. The van der Waals surface area contributed by atoms with E-state index in [0.29, 0.717) is 6.67 Å². The summed E-state index contributed by atoms with van der Waals surface area (Å²) in [6, 6.07) is 18.8. The van der Waals surface area contributed by atoms with Crippen LogP contribution in [0.2, 0.25) is 0 Å². The zero-order valence-electron chi connectivity index (χ0n) is 16.2. The number of rotatable bonds is 4. The van der Waals surface area contributed by atoms with E-state index in [2.05, 4.69) is 5.32 Å². The van der Waals surface area contributed by atoms with Crippen LogP contribution in [0.4, 0.5) is 4.79 Å². The summed E-state index contributed by atoms with van der Waals surface area (Å²) in [5.41, 5.74) is 0.441. The molecule has 2 aromatic rings. The average Bonchev–Trinajstić information content (AvgIpc) is 2.96. The summed E-state index contributed by atoms with van der Waals surface area (Å²) < 4.78 is 0. The Morgan fingerprint density at radius 3 is 1.82 bits per heavy atom. The van der Waals surface area contributed by atoms with Crippen LogP contribution in [0.25, 0.3) is 0 Å². The Labute approximate surface area is 166 Å². The van der Waals surface area contributed by atoms with Crippen molar-refractivity contribution in [2.45, 2.75) is 37.6 Å². The molecule has 2 aliphatic rings. The van der Waals surface area contributed by atoms with Gasteiger partial charge in [0.2, 0.25) is 0 Å². The number of carbonyl (C=O) groups excluding carboxylic acids is 2. The SMILES string of the molecule is O=C1NC(c2ccccc2)(c2ccccc2)C(=O)N1C[NH+]1CCCCCCC1. The number of imide groups is 1. The van der Waals surface area contributed by atoms with Crippen molar-refractivity contribution in [2.24, 2.45) is 0 Å². The van der Waals surface area contributed by atoms with Crippen molar-refractivity contribution < 1.29 is 14.5 Å². The molecule has 28 heavy (non-hydrogen) atoms. The molecule has 0 bridgehead atoms. The Hall–Kier alpha value is -2.66. The number of quaternary nitrogens is 1. The summed E-state index contributed by atoms with van der Waals surface area (Å²) in [5.74, 6) is -0.176. The van der Waals surface area contributed by atoms with Crippen LogP contribution in [0.3, 0.4) is 0 Å². The molecule has 2 aromatic carbocycles. The van der Waals surface area contributed by atoms with Crippen molar-refractivity contribution in [3.63, 3.8) is 0 Å². The third kappa shape index (κ3) is 3.42. The zero-order chi connectivity index (χ0) is 19.4. The molecule has 4 rings (SSSR count). The first-order chi connectivity index (χ1) is 13.7. The number of benzene rings is 2. The lowest BCUT2D eigenvalue weighted by Gasteiger charge is -2.29. The smallest absolute Gasteiger partial charge is 0.317 e. The Morgan fingerprint density at radius 1 is 0.786 bits per heavy atom. The third-order valence-electron chi connectivity index (χ3n) is 5.96. The summed E-state index contributed by atoms with van der Waals surface area (Å²) in [7, 11) is 0. The van der Waals surface area contributed by atoms with Gasteiger partial charge in [-0.2, -0.15) is 0 Å². The van der Waals surface area contributed by atoms with Gasteiger partial charge in [-0.15, -0.1) is 0 Å². The lowest BCUT2D eigenvalue weighted by atomic mass is 9.83. The summed E-state index contributed by atoms with van der Waals surface area (Å²) in [5, 5.41) is 3.04. The van der Waals surface area contributed by atoms with E-state index in [4.69, 9.17) is 0 Å². The number of urea groups is 1. The fourth-order valence-electron chi connectivity index (χ4n) is 4.44. The second-order valence-electron chi connectivity index (χ2n) is 7.82. The molecule has 0 atom stereocenters. The maximum Gasteiger partial charge on any atom is 0.330 e. The van der Waals surface area contributed by atoms with E-state index in [9.17, 15) is 9.59 Å². The average molecular weight is 378 g/mol. The summed E-state index contributed by atoms with van der Waals surface area (Å²) in [6.45, 7) is 2.47. The van der Waals surface area contributed by atoms with Gasteiger partial charge < -0.3 is 10.2 Å². The highest BCUT2D eigenvalue weighted by atomic mass is 16.2. The number of hydrogen-bond acceptors (Lipinski definition) is 2. The monoisotopic (exact) mass is 378 g/mol. The first-order valence-corrected chi connectivity index (χ1v) is 10.3. The van der Waals surface area contributed by atoms with Crippen LogP contribution in [0.5, 0.6) is 0 Å². The van der Waals surface area contributed by atoms with Gasteiger partial charge in [0.15, 0.2) is 12.2 Å². The molecule has 0 unspecified atom stereocenters. The molecule has 0 aliphatic carbocycles. The molecule has 5 heteroatoms. The molecule has 146 valence electrons. The van der Waals surface area contributed by atoms with Gasteiger partial charge in [-0.1, -0.05) is 67.1 Å². The highest BCUT2D eigenvalue weighted by Gasteiger charge is 2.54. The van der Waals surface area contributed by atoms with Crippen molar-refractivity contribution in [1.82, 2.24) is 10.2 Å². The van der Waals surface area contributed by atoms with Crippen LogP contribution >= 0.6 is 0 Å². The first-order valence-electron chi connectivity index (χ1n) is 10.3. The Morgan fingerprint density at radius 2 is 1.29 bits per heavy atom. The van der Waals surface area contributed by atoms with E-state index >= 15 is 0 Å². The molecule has 0 radical (unpaired) electrons. The number of nitrogens with zero attached hydrogens (tertiary/aromatic N) is 1. The predicted octanol–water partition coefficient (Wildman–Crippen LogP) is 2.29. The molecule has 2 heterocycles. The van der Waals surface area contributed by atoms with Crippen LogP contribution in [-0.2, 0) is 10.3 Å². The Balaban J connectivity index is 1.67. The van der Waals surface area contributed by atoms with Crippen molar-refractivity contribution in [3.05, 3.63) is 71.8 Å². The topological polar surface area (TPSA) is 53.9 Å². The van der Waals surface area contributed by atoms with Gasteiger partial charge in [-0.25, -0.2) is 9.69 Å². The van der Waals surface area contributed by atoms with E-state index < -0.39 is 5.54 Å². The second-order valence-corrected chi connectivity index (χ2v) is 7.82. The van der Waals surface area contributed by atoms with Crippen molar-refractivity contribution in [1.29, 1.82) is 0 Å². The predicted molar refractivity (Wildman–Crippen MR) is 108 cm³/mol. The Kier molecular flexibility index (Phi) is 5.44. The summed E-state index contributed by atoms with van der Waals surface area (Å²) in [6.07, 6.45) is 6.08.